The Morgan fingerprint density at radius 1 is 1.57 bits per heavy atom. The zero-order valence-electron chi connectivity index (χ0n) is 12.1. The highest BCUT2D eigenvalue weighted by Crippen LogP contribution is 2.23. The number of carboxylic acid groups (broad SMARTS) is 1. The Morgan fingerprint density at radius 3 is 2.90 bits per heavy atom. The van der Waals surface area contributed by atoms with Crippen LogP contribution in [0.15, 0.2) is 18.3 Å². The maximum absolute atomic E-state index is 11.5. The fraction of sp³-hybridized carbons (Fsp3) is 0.500. The summed E-state index contributed by atoms with van der Waals surface area (Å²) in [6, 6.07) is 2.67. The van der Waals surface area contributed by atoms with Gasteiger partial charge in [0.2, 0.25) is 11.8 Å². The van der Waals surface area contributed by atoms with Gasteiger partial charge in [0, 0.05) is 43.9 Å². The van der Waals surface area contributed by atoms with E-state index >= 15 is 0 Å². The van der Waals surface area contributed by atoms with Crippen LogP contribution in [-0.2, 0) is 9.59 Å². The van der Waals surface area contributed by atoms with E-state index in [0.717, 1.165) is 5.69 Å². The molecule has 0 aliphatic carbocycles. The molecule has 2 heterocycles. The smallest absolute Gasteiger partial charge is 0.326 e. The predicted octanol–water partition coefficient (Wildman–Crippen LogP) is 0.966. The molecule has 1 fully saturated rings. The standard InChI is InChI=1S/C14H19N3O4/c1-3-21-13-7-10(4-5-15-13)16-11-6-12(14(19)20)17(8-11)9(2)18/h4-5,7,11-12H,3,6,8H2,1-2H3,(H,15,16)(H,19,20). The van der Waals surface area contributed by atoms with Gasteiger partial charge in [-0.2, -0.15) is 0 Å². The molecule has 1 amide bonds. The van der Waals surface area contributed by atoms with Crippen LogP contribution in [0.5, 0.6) is 5.88 Å². The van der Waals surface area contributed by atoms with Gasteiger partial charge in [-0.25, -0.2) is 9.78 Å². The largest absolute Gasteiger partial charge is 0.480 e. The Kier molecular flexibility index (Phi) is 4.62. The highest BCUT2D eigenvalue weighted by Gasteiger charge is 2.38. The van der Waals surface area contributed by atoms with Crippen molar-refractivity contribution in [1.29, 1.82) is 0 Å². The number of hydrogen-bond acceptors (Lipinski definition) is 5. The number of carboxylic acids is 1. The van der Waals surface area contributed by atoms with Crippen molar-refractivity contribution in [3.05, 3.63) is 18.3 Å². The molecule has 7 nitrogen and oxygen atoms in total. The van der Waals surface area contributed by atoms with Crippen molar-refractivity contribution >= 4 is 17.6 Å². The first kappa shape index (κ1) is 15.1. The summed E-state index contributed by atoms with van der Waals surface area (Å²) in [7, 11) is 0. The molecule has 2 rings (SSSR count). The van der Waals surface area contributed by atoms with Crippen LogP contribution in [0.2, 0.25) is 0 Å². The molecule has 0 saturated carbocycles. The maximum Gasteiger partial charge on any atom is 0.326 e. The molecule has 2 unspecified atom stereocenters. The van der Waals surface area contributed by atoms with E-state index < -0.39 is 12.0 Å². The monoisotopic (exact) mass is 293 g/mol. The minimum absolute atomic E-state index is 0.105. The van der Waals surface area contributed by atoms with Crippen molar-refractivity contribution in [1.82, 2.24) is 9.88 Å². The van der Waals surface area contributed by atoms with Gasteiger partial charge in [0.05, 0.1) is 6.61 Å². The first-order valence-corrected chi connectivity index (χ1v) is 6.86. The van der Waals surface area contributed by atoms with Crippen molar-refractivity contribution in [3.63, 3.8) is 0 Å². The SMILES string of the molecule is CCOc1cc(NC2CC(C(=O)O)N(C(C)=O)C2)ccn1. The second kappa shape index (κ2) is 6.43. The van der Waals surface area contributed by atoms with E-state index in [1.807, 2.05) is 6.92 Å². The van der Waals surface area contributed by atoms with Crippen LogP contribution in [0.4, 0.5) is 5.69 Å². The quantitative estimate of drug-likeness (QED) is 0.840. The molecule has 0 aromatic carbocycles. The van der Waals surface area contributed by atoms with Gasteiger partial charge in [0.25, 0.3) is 0 Å². The van der Waals surface area contributed by atoms with Gasteiger partial charge in [0.1, 0.15) is 6.04 Å². The molecule has 114 valence electrons. The van der Waals surface area contributed by atoms with Crippen LogP contribution >= 0.6 is 0 Å². The van der Waals surface area contributed by atoms with Gasteiger partial charge < -0.3 is 20.1 Å². The zero-order chi connectivity index (χ0) is 15.4. The average Bonchev–Trinajstić information content (AvgIpc) is 2.84. The molecule has 0 radical (unpaired) electrons. The molecule has 0 spiro atoms. The van der Waals surface area contributed by atoms with Gasteiger partial charge >= 0.3 is 5.97 Å². The van der Waals surface area contributed by atoms with E-state index in [9.17, 15) is 14.7 Å². The van der Waals surface area contributed by atoms with Crippen LogP contribution in [0.1, 0.15) is 20.3 Å². The molecule has 1 aromatic rings. The molecule has 7 heteroatoms. The fourth-order valence-corrected chi connectivity index (χ4v) is 2.48. The first-order valence-electron chi connectivity index (χ1n) is 6.86. The van der Waals surface area contributed by atoms with Crippen molar-refractivity contribution in [2.75, 3.05) is 18.5 Å². The molecular weight excluding hydrogens is 274 g/mol. The molecule has 21 heavy (non-hydrogen) atoms. The number of aromatic nitrogens is 1. The molecule has 2 N–H and O–H groups in total. The lowest BCUT2D eigenvalue weighted by Crippen LogP contribution is -2.39. The second-order valence-corrected chi connectivity index (χ2v) is 4.92. The number of rotatable bonds is 5. The van der Waals surface area contributed by atoms with Crippen molar-refractivity contribution in [3.8, 4) is 5.88 Å². The third kappa shape index (κ3) is 3.62. The Labute approximate surface area is 122 Å². The number of ether oxygens (including phenoxy) is 1. The van der Waals surface area contributed by atoms with Gasteiger partial charge in [-0.05, 0) is 13.0 Å². The van der Waals surface area contributed by atoms with Crippen LogP contribution in [0.25, 0.3) is 0 Å². The Morgan fingerprint density at radius 2 is 2.33 bits per heavy atom. The molecular formula is C14H19N3O4. The highest BCUT2D eigenvalue weighted by molar-refractivity contribution is 5.83. The van der Waals surface area contributed by atoms with Crippen molar-refractivity contribution in [2.24, 2.45) is 0 Å². The molecule has 1 saturated heterocycles. The summed E-state index contributed by atoms with van der Waals surface area (Å²) in [5.41, 5.74) is 0.799. The predicted molar refractivity (Wildman–Crippen MR) is 76.2 cm³/mol. The number of aliphatic carboxylic acids is 1. The third-order valence-electron chi connectivity index (χ3n) is 3.39. The number of amides is 1. The number of pyridine rings is 1. The number of carbonyl (C=O) groups is 2. The molecule has 1 aliphatic heterocycles. The minimum atomic E-state index is -0.973. The van der Waals surface area contributed by atoms with E-state index in [1.54, 1.807) is 18.3 Å². The summed E-state index contributed by atoms with van der Waals surface area (Å²) in [6.07, 6.45) is 2.00. The van der Waals surface area contributed by atoms with Crippen molar-refractivity contribution in [2.45, 2.75) is 32.4 Å². The lowest BCUT2D eigenvalue weighted by molar-refractivity contribution is -0.147. The maximum atomic E-state index is 11.5. The van der Waals surface area contributed by atoms with Crippen molar-refractivity contribution < 1.29 is 19.4 Å². The lowest BCUT2D eigenvalue weighted by atomic mass is 10.1. The van der Waals surface area contributed by atoms with Gasteiger partial charge in [-0.1, -0.05) is 0 Å². The summed E-state index contributed by atoms with van der Waals surface area (Å²) in [5.74, 6) is -0.686. The normalized spacial score (nSPS) is 21.1. The lowest BCUT2D eigenvalue weighted by Gasteiger charge is -2.19. The minimum Gasteiger partial charge on any atom is -0.480 e. The molecule has 0 bridgehead atoms. The Hall–Kier alpha value is -2.31. The number of carbonyl (C=O) groups excluding carboxylic acids is 1. The van der Waals surface area contributed by atoms with Gasteiger partial charge in [-0.15, -0.1) is 0 Å². The van der Waals surface area contributed by atoms with Gasteiger partial charge in [0.15, 0.2) is 0 Å². The first-order chi connectivity index (χ1) is 10.0. The Bertz CT molecular complexity index is 513. The van der Waals surface area contributed by atoms with Crippen LogP contribution in [0, 0.1) is 0 Å². The molecule has 1 aromatic heterocycles. The number of hydrogen-bond donors (Lipinski definition) is 2. The topological polar surface area (TPSA) is 91.8 Å². The summed E-state index contributed by atoms with van der Waals surface area (Å²) in [6.45, 7) is 4.16. The average molecular weight is 293 g/mol. The Balaban J connectivity index is 2.05. The van der Waals surface area contributed by atoms with E-state index in [1.165, 1.54) is 11.8 Å². The summed E-state index contributed by atoms with van der Waals surface area (Å²) in [5, 5.41) is 12.4. The number of anilines is 1. The van der Waals surface area contributed by atoms with Gasteiger partial charge in [-0.3, -0.25) is 4.79 Å². The zero-order valence-corrected chi connectivity index (χ0v) is 12.1. The number of likely N-dealkylation sites (tertiary alicyclic amines) is 1. The summed E-state index contributed by atoms with van der Waals surface area (Å²) >= 11 is 0. The second-order valence-electron chi connectivity index (χ2n) is 4.92. The number of nitrogens with one attached hydrogen (secondary N) is 1. The van der Waals surface area contributed by atoms with Crippen LogP contribution in [0.3, 0.4) is 0 Å². The van der Waals surface area contributed by atoms with Crippen LogP contribution < -0.4 is 10.1 Å². The van der Waals surface area contributed by atoms with E-state index in [4.69, 9.17) is 4.74 Å². The van der Waals surface area contributed by atoms with E-state index in [0.29, 0.717) is 25.5 Å². The summed E-state index contributed by atoms with van der Waals surface area (Å²) < 4.78 is 5.32. The fourth-order valence-electron chi connectivity index (χ4n) is 2.48. The van der Waals surface area contributed by atoms with E-state index in [-0.39, 0.29) is 11.9 Å². The molecule has 2 atom stereocenters. The highest BCUT2D eigenvalue weighted by atomic mass is 16.5. The molecule has 1 aliphatic rings. The third-order valence-corrected chi connectivity index (χ3v) is 3.39. The van der Waals surface area contributed by atoms with E-state index in [2.05, 4.69) is 10.3 Å². The number of nitrogens with zero attached hydrogens (tertiary/aromatic N) is 2. The van der Waals surface area contributed by atoms with Crippen LogP contribution in [-0.4, -0.2) is 52.1 Å². The summed E-state index contributed by atoms with van der Waals surface area (Å²) in [4.78, 5) is 28.2.